The predicted octanol–water partition coefficient (Wildman–Crippen LogP) is 5.88. The third-order valence-corrected chi connectivity index (χ3v) is 6.15. The van der Waals surface area contributed by atoms with Gasteiger partial charge in [-0.1, -0.05) is 66.7 Å². The number of carbonyl (C=O) groups is 3. The first-order valence-corrected chi connectivity index (χ1v) is 11.6. The Morgan fingerprint density at radius 1 is 0.757 bits per heavy atom. The van der Waals surface area contributed by atoms with Crippen LogP contribution in [0.25, 0.3) is 11.1 Å². The van der Waals surface area contributed by atoms with E-state index in [0.717, 1.165) is 24.3 Å². The average molecular weight is 508 g/mol. The minimum absolute atomic E-state index is 0.0164. The van der Waals surface area contributed by atoms with E-state index in [1.54, 1.807) is 68.4 Å². The van der Waals surface area contributed by atoms with E-state index in [-0.39, 0.29) is 35.5 Å². The number of halogens is 3. The van der Waals surface area contributed by atoms with Crippen LogP contribution in [0.2, 0.25) is 0 Å². The molecule has 1 aliphatic rings. The molecular formula is C29H23F3O5. The van der Waals surface area contributed by atoms with E-state index >= 15 is 0 Å². The SMILES string of the molecule is CCOC(=O)C1(C(=O)OCC)C(c2ccccc2)=C(C(=O)c2ccc(C(F)(F)F)cc2)c2ccccc21. The summed E-state index contributed by atoms with van der Waals surface area (Å²) in [5, 5.41) is 0. The van der Waals surface area contributed by atoms with Gasteiger partial charge in [-0.25, -0.2) is 0 Å². The molecule has 0 spiro atoms. The lowest BCUT2D eigenvalue weighted by atomic mass is 9.74. The van der Waals surface area contributed by atoms with Crippen LogP contribution in [0.4, 0.5) is 13.2 Å². The Labute approximate surface area is 211 Å². The molecule has 0 radical (unpaired) electrons. The number of Topliss-reactive ketones (excluding diaryl/α,β-unsaturated/α-hetero) is 1. The van der Waals surface area contributed by atoms with Crippen molar-refractivity contribution in [3.8, 4) is 0 Å². The van der Waals surface area contributed by atoms with Gasteiger partial charge in [0.25, 0.3) is 0 Å². The van der Waals surface area contributed by atoms with Gasteiger partial charge in [0.2, 0.25) is 5.41 Å². The van der Waals surface area contributed by atoms with Crippen LogP contribution in [0.15, 0.2) is 78.9 Å². The van der Waals surface area contributed by atoms with Crippen molar-refractivity contribution in [1.29, 1.82) is 0 Å². The van der Waals surface area contributed by atoms with E-state index in [9.17, 15) is 27.6 Å². The topological polar surface area (TPSA) is 69.7 Å². The molecule has 0 atom stereocenters. The summed E-state index contributed by atoms with van der Waals surface area (Å²) < 4.78 is 50.2. The van der Waals surface area contributed by atoms with Crippen molar-refractivity contribution in [2.24, 2.45) is 0 Å². The van der Waals surface area contributed by atoms with Crippen LogP contribution in [0, 0.1) is 0 Å². The molecule has 0 aliphatic heterocycles. The molecule has 8 heteroatoms. The highest BCUT2D eigenvalue weighted by molar-refractivity contribution is 6.42. The zero-order chi connectivity index (χ0) is 26.8. The molecule has 0 unspecified atom stereocenters. The number of alkyl halides is 3. The molecule has 0 amide bonds. The maximum atomic E-state index is 14.0. The fourth-order valence-corrected chi connectivity index (χ4v) is 4.63. The van der Waals surface area contributed by atoms with E-state index < -0.39 is 34.9 Å². The molecule has 0 heterocycles. The number of ether oxygens (including phenoxy) is 2. The third kappa shape index (κ3) is 4.33. The Morgan fingerprint density at radius 3 is 1.84 bits per heavy atom. The van der Waals surface area contributed by atoms with Gasteiger partial charge in [-0.05, 0) is 42.7 Å². The van der Waals surface area contributed by atoms with E-state index in [2.05, 4.69) is 0 Å². The highest BCUT2D eigenvalue weighted by Gasteiger charge is 2.60. The molecule has 5 nitrogen and oxygen atoms in total. The van der Waals surface area contributed by atoms with Crippen molar-refractivity contribution in [2.45, 2.75) is 25.4 Å². The number of ketones is 1. The average Bonchev–Trinajstić information content (AvgIpc) is 3.21. The minimum atomic E-state index is -4.57. The van der Waals surface area contributed by atoms with Crippen molar-refractivity contribution < 1.29 is 37.0 Å². The maximum Gasteiger partial charge on any atom is 0.416 e. The van der Waals surface area contributed by atoms with E-state index in [4.69, 9.17) is 9.47 Å². The zero-order valence-corrected chi connectivity index (χ0v) is 20.1. The number of benzene rings is 3. The highest BCUT2D eigenvalue weighted by Crippen LogP contribution is 2.53. The van der Waals surface area contributed by atoms with Crippen LogP contribution < -0.4 is 0 Å². The van der Waals surface area contributed by atoms with E-state index in [0.29, 0.717) is 11.1 Å². The molecule has 37 heavy (non-hydrogen) atoms. The second kappa shape index (κ2) is 10.0. The number of esters is 2. The van der Waals surface area contributed by atoms with Crippen LogP contribution >= 0.6 is 0 Å². The van der Waals surface area contributed by atoms with Gasteiger partial charge >= 0.3 is 18.1 Å². The van der Waals surface area contributed by atoms with Crippen LogP contribution in [-0.2, 0) is 30.7 Å². The Kier molecular flexibility index (Phi) is 7.03. The Hall–Kier alpha value is -4.20. The third-order valence-electron chi connectivity index (χ3n) is 6.15. The molecule has 0 bridgehead atoms. The number of allylic oxidation sites excluding steroid dienone is 1. The molecule has 190 valence electrons. The van der Waals surface area contributed by atoms with Gasteiger partial charge in [0.1, 0.15) is 0 Å². The minimum Gasteiger partial charge on any atom is -0.465 e. The molecular weight excluding hydrogens is 485 g/mol. The van der Waals surface area contributed by atoms with Gasteiger partial charge in [0, 0.05) is 16.7 Å². The first-order chi connectivity index (χ1) is 17.7. The van der Waals surface area contributed by atoms with Crippen molar-refractivity contribution in [2.75, 3.05) is 13.2 Å². The quantitative estimate of drug-likeness (QED) is 0.227. The summed E-state index contributed by atoms with van der Waals surface area (Å²) in [7, 11) is 0. The summed E-state index contributed by atoms with van der Waals surface area (Å²) in [4.78, 5) is 41.4. The number of rotatable bonds is 7. The lowest BCUT2D eigenvalue weighted by Gasteiger charge is -2.29. The van der Waals surface area contributed by atoms with Crippen LogP contribution in [-0.4, -0.2) is 30.9 Å². The molecule has 0 N–H and O–H groups in total. The zero-order valence-electron chi connectivity index (χ0n) is 20.1. The monoisotopic (exact) mass is 508 g/mol. The van der Waals surface area contributed by atoms with Crippen LogP contribution in [0.3, 0.4) is 0 Å². The largest absolute Gasteiger partial charge is 0.465 e. The molecule has 0 aromatic heterocycles. The summed E-state index contributed by atoms with van der Waals surface area (Å²) in [5.74, 6) is -2.46. The molecule has 1 aliphatic carbocycles. The first-order valence-electron chi connectivity index (χ1n) is 11.6. The van der Waals surface area contributed by atoms with Gasteiger partial charge < -0.3 is 9.47 Å². The van der Waals surface area contributed by atoms with E-state index in [1.807, 2.05) is 0 Å². The van der Waals surface area contributed by atoms with Crippen molar-refractivity contribution >= 4 is 28.9 Å². The maximum absolute atomic E-state index is 14.0. The second-order valence-corrected chi connectivity index (χ2v) is 8.26. The number of fused-ring (bicyclic) bond motifs is 1. The highest BCUT2D eigenvalue weighted by atomic mass is 19.4. The number of carbonyl (C=O) groups excluding carboxylic acids is 3. The summed E-state index contributed by atoms with van der Waals surface area (Å²) in [5.41, 5.74) is -2.06. The second-order valence-electron chi connectivity index (χ2n) is 8.26. The molecule has 0 fully saturated rings. The first kappa shape index (κ1) is 25.9. The van der Waals surface area contributed by atoms with Crippen molar-refractivity contribution in [3.63, 3.8) is 0 Å². The standard InChI is InChI=1S/C29H23F3O5/c1-3-36-26(34)28(27(35)37-4-2)22-13-9-8-12-21(22)23(24(28)18-10-6-5-7-11-18)25(33)19-14-16-20(17-15-19)29(30,31)32/h5-17H,3-4H2,1-2H3. The Bertz CT molecular complexity index is 1350. The number of hydrogen-bond donors (Lipinski definition) is 0. The summed E-state index contributed by atoms with van der Waals surface area (Å²) in [6, 6.07) is 18.6. The normalized spacial score (nSPS) is 14.2. The Morgan fingerprint density at radius 2 is 1.30 bits per heavy atom. The fraction of sp³-hybridized carbons (Fsp3) is 0.207. The Balaban J connectivity index is 2.07. The summed E-state index contributed by atoms with van der Waals surface area (Å²) >= 11 is 0. The van der Waals surface area contributed by atoms with Gasteiger partial charge in [-0.3, -0.25) is 14.4 Å². The fourth-order valence-electron chi connectivity index (χ4n) is 4.63. The summed E-state index contributed by atoms with van der Waals surface area (Å²) in [6.45, 7) is 3.12. The lowest BCUT2D eigenvalue weighted by molar-refractivity contribution is -0.161. The summed E-state index contributed by atoms with van der Waals surface area (Å²) in [6.07, 6.45) is -4.57. The predicted molar refractivity (Wildman–Crippen MR) is 130 cm³/mol. The molecule has 3 aromatic carbocycles. The molecule has 3 aromatic rings. The van der Waals surface area contributed by atoms with Crippen LogP contribution in [0.1, 0.15) is 46.5 Å². The lowest BCUT2D eigenvalue weighted by Crippen LogP contribution is -2.46. The van der Waals surface area contributed by atoms with Crippen molar-refractivity contribution in [1.82, 2.24) is 0 Å². The van der Waals surface area contributed by atoms with Gasteiger partial charge in [0.05, 0.1) is 18.8 Å². The smallest absolute Gasteiger partial charge is 0.416 e. The molecule has 0 saturated carbocycles. The van der Waals surface area contributed by atoms with Crippen molar-refractivity contribution in [3.05, 3.63) is 107 Å². The molecule has 0 saturated heterocycles. The molecule has 4 rings (SSSR count). The number of hydrogen-bond acceptors (Lipinski definition) is 5. The van der Waals surface area contributed by atoms with Gasteiger partial charge in [0.15, 0.2) is 5.78 Å². The van der Waals surface area contributed by atoms with E-state index in [1.165, 1.54) is 0 Å². The van der Waals surface area contributed by atoms with Crippen LogP contribution in [0.5, 0.6) is 0 Å². The van der Waals surface area contributed by atoms with Gasteiger partial charge in [-0.15, -0.1) is 0 Å². The van der Waals surface area contributed by atoms with Gasteiger partial charge in [-0.2, -0.15) is 13.2 Å².